The van der Waals surface area contributed by atoms with Crippen LogP contribution in [0.2, 0.25) is 0 Å². The third-order valence-electron chi connectivity index (χ3n) is 11.4. The minimum Gasteiger partial charge on any atom is -0.135 e. The van der Waals surface area contributed by atoms with E-state index in [0.29, 0.717) is 0 Å². The van der Waals surface area contributed by atoms with Gasteiger partial charge >= 0.3 is 0 Å². The average Bonchev–Trinajstić information content (AvgIpc) is 3.63. The number of thiophene rings is 1. The van der Waals surface area contributed by atoms with Crippen LogP contribution in [0.4, 0.5) is 0 Å². The summed E-state index contributed by atoms with van der Waals surface area (Å²) in [6, 6.07) is 59.2. The van der Waals surface area contributed by atoms with Gasteiger partial charge in [-0.3, -0.25) is 0 Å². The molecule has 9 aromatic carbocycles. The fraction of sp³-hybridized carbons (Fsp3) is 0.0612. The molecule has 0 radical (unpaired) electrons. The van der Waals surface area contributed by atoms with Crippen LogP contribution in [0.5, 0.6) is 0 Å². The lowest BCUT2D eigenvalue weighted by atomic mass is 9.81. The van der Waals surface area contributed by atoms with E-state index in [0.717, 1.165) is 0 Å². The summed E-state index contributed by atoms with van der Waals surface area (Å²) in [4.78, 5) is 0. The van der Waals surface area contributed by atoms with Gasteiger partial charge in [0.25, 0.3) is 0 Å². The highest BCUT2D eigenvalue weighted by molar-refractivity contribution is 7.25. The van der Waals surface area contributed by atoms with Gasteiger partial charge in [0.1, 0.15) is 0 Å². The second-order valence-corrected chi connectivity index (χ2v) is 15.5. The normalized spacial score (nSPS) is 13.6. The molecule has 0 atom stereocenters. The highest BCUT2D eigenvalue weighted by Crippen LogP contribution is 2.54. The number of rotatable bonds is 2. The summed E-state index contributed by atoms with van der Waals surface area (Å²) in [7, 11) is 0. The van der Waals surface area contributed by atoms with Crippen molar-refractivity contribution in [3.8, 4) is 33.4 Å². The minimum atomic E-state index is -0.0548. The molecule has 0 aliphatic heterocycles. The Hall–Kier alpha value is -5.76. The number of fused-ring (bicyclic) bond motifs is 11. The van der Waals surface area contributed by atoms with Crippen LogP contribution >= 0.6 is 11.3 Å². The summed E-state index contributed by atoms with van der Waals surface area (Å²) in [6.45, 7) is 4.78. The van der Waals surface area contributed by atoms with Crippen LogP contribution in [0, 0.1) is 0 Å². The highest BCUT2D eigenvalue weighted by Gasteiger charge is 2.37. The predicted molar refractivity (Wildman–Crippen MR) is 218 cm³/mol. The van der Waals surface area contributed by atoms with Gasteiger partial charge in [0.15, 0.2) is 0 Å². The van der Waals surface area contributed by atoms with Gasteiger partial charge < -0.3 is 0 Å². The summed E-state index contributed by atoms with van der Waals surface area (Å²) >= 11 is 1.93. The first-order valence-electron chi connectivity index (χ1n) is 17.5. The first-order valence-corrected chi connectivity index (χ1v) is 18.3. The Morgan fingerprint density at radius 3 is 1.66 bits per heavy atom. The molecule has 1 heterocycles. The standard InChI is InChI=1S/C49H32S/c1-49(2)42-25-23-30-13-4-6-16-33(30)48(42)41-28-45-40(27-43(41)49)34-24-22-31(26-44(34)50-45)46-36-17-7-9-19-38(36)47(39-20-10-8-18-37(39)46)35-21-11-14-29-12-3-5-15-32(29)35/h3-28H,1-2H3. The molecule has 1 aromatic heterocycles. The lowest BCUT2D eigenvalue weighted by Crippen LogP contribution is -2.14. The maximum absolute atomic E-state index is 2.50. The Labute approximate surface area is 294 Å². The van der Waals surface area contributed by atoms with E-state index in [1.165, 1.54) is 108 Å². The summed E-state index contributed by atoms with van der Waals surface area (Å²) in [5.74, 6) is 0. The Bertz CT molecular complexity index is 3000. The Kier molecular flexibility index (Phi) is 5.70. The summed E-state index contributed by atoms with van der Waals surface area (Å²) in [5.41, 5.74) is 10.8. The first kappa shape index (κ1) is 28.1. The van der Waals surface area contributed by atoms with E-state index in [-0.39, 0.29) is 5.41 Å². The van der Waals surface area contributed by atoms with Crippen LogP contribution in [0.3, 0.4) is 0 Å². The smallest absolute Gasteiger partial charge is 0.0361 e. The van der Waals surface area contributed by atoms with Gasteiger partial charge in [-0.25, -0.2) is 0 Å². The second-order valence-electron chi connectivity index (χ2n) is 14.4. The third kappa shape index (κ3) is 3.76. The molecule has 1 heteroatoms. The SMILES string of the molecule is CC1(C)c2cc3c(cc2-c2c1ccc1ccccc21)sc1cc(-c2c4ccccc4c(-c4cccc5ccccc45)c4ccccc24)ccc13. The topological polar surface area (TPSA) is 0 Å². The monoisotopic (exact) mass is 652 g/mol. The van der Waals surface area contributed by atoms with Crippen molar-refractivity contribution in [1.82, 2.24) is 0 Å². The molecule has 1 aliphatic rings. The van der Waals surface area contributed by atoms with E-state index < -0.39 is 0 Å². The number of benzene rings is 9. The van der Waals surface area contributed by atoms with E-state index in [2.05, 4.69) is 172 Å². The van der Waals surface area contributed by atoms with Gasteiger partial charge in [-0.15, -0.1) is 11.3 Å². The van der Waals surface area contributed by atoms with Gasteiger partial charge in [0.2, 0.25) is 0 Å². The molecule has 0 saturated heterocycles. The molecule has 10 aromatic rings. The average molecular weight is 653 g/mol. The fourth-order valence-corrected chi connectivity index (χ4v) is 10.3. The second kappa shape index (κ2) is 10.1. The van der Waals surface area contributed by atoms with E-state index in [4.69, 9.17) is 0 Å². The molecule has 0 spiro atoms. The van der Waals surface area contributed by atoms with Crippen molar-refractivity contribution in [1.29, 1.82) is 0 Å². The predicted octanol–water partition coefficient (Wildman–Crippen LogP) is 14.3. The lowest BCUT2D eigenvalue weighted by molar-refractivity contribution is 0.662. The van der Waals surface area contributed by atoms with Crippen molar-refractivity contribution >= 4 is 74.6 Å². The van der Waals surface area contributed by atoms with Crippen LogP contribution in [0.25, 0.3) is 96.6 Å². The maximum atomic E-state index is 2.50. The van der Waals surface area contributed by atoms with Crippen LogP contribution in [0.1, 0.15) is 25.0 Å². The van der Waals surface area contributed by atoms with Crippen molar-refractivity contribution in [3.63, 3.8) is 0 Å². The molecule has 0 N–H and O–H groups in total. The zero-order chi connectivity index (χ0) is 33.1. The van der Waals surface area contributed by atoms with E-state index in [9.17, 15) is 0 Å². The van der Waals surface area contributed by atoms with Crippen molar-refractivity contribution in [2.45, 2.75) is 19.3 Å². The Morgan fingerprint density at radius 1 is 0.360 bits per heavy atom. The lowest BCUT2D eigenvalue weighted by Gasteiger charge is -2.21. The van der Waals surface area contributed by atoms with E-state index in [1.54, 1.807) is 0 Å². The molecular weight excluding hydrogens is 621 g/mol. The molecule has 0 fully saturated rings. The van der Waals surface area contributed by atoms with Gasteiger partial charge in [-0.1, -0.05) is 153 Å². The Morgan fingerprint density at radius 2 is 0.940 bits per heavy atom. The Balaban J connectivity index is 1.16. The van der Waals surface area contributed by atoms with Crippen molar-refractivity contribution < 1.29 is 0 Å². The minimum absolute atomic E-state index is 0.0548. The summed E-state index contributed by atoms with van der Waals surface area (Å²) in [5, 5.41) is 13.1. The summed E-state index contributed by atoms with van der Waals surface area (Å²) in [6.07, 6.45) is 0. The van der Waals surface area contributed by atoms with Gasteiger partial charge in [-0.2, -0.15) is 0 Å². The first-order chi connectivity index (χ1) is 24.6. The van der Waals surface area contributed by atoms with Crippen molar-refractivity contribution in [2.75, 3.05) is 0 Å². The van der Waals surface area contributed by atoms with Crippen molar-refractivity contribution in [2.24, 2.45) is 0 Å². The van der Waals surface area contributed by atoms with Crippen LogP contribution in [0.15, 0.2) is 158 Å². The quantitative estimate of drug-likeness (QED) is 0.163. The molecule has 234 valence electrons. The zero-order valence-corrected chi connectivity index (χ0v) is 28.7. The molecule has 0 amide bonds. The van der Waals surface area contributed by atoms with Crippen LogP contribution < -0.4 is 0 Å². The molecule has 0 nitrogen and oxygen atoms in total. The zero-order valence-electron chi connectivity index (χ0n) is 27.9. The van der Waals surface area contributed by atoms with Gasteiger partial charge in [0, 0.05) is 25.6 Å². The van der Waals surface area contributed by atoms with Crippen LogP contribution in [-0.4, -0.2) is 0 Å². The summed E-state index contributed by atoms with van der Waals surface area (Å²) < 4.78 is 2.69. The molecule has 1 aliphatic carbocycles. The highest BCUT2D eigenvalue weighted by atomic mass is 32.1. The molecule has 0 bridgehead atoms. The van der Waals surface area contributed by atoms with Gasteiger partial charge in [0.05, 0.1) is 0 Å². The molecule has 0 unspecified atom stereocenters. The van der Waals surface area contributed by atoms with E-state index >= 15 is 0 Å². The molecule has 50 heavy (non-hydrogen) atoms. The third-order valence-corrected chi connectivity index (χ3v) is 12.6. The maximum Gasteiger partial charge on any atom is 0.0361 e. The largest absolute Gasteiger partial charge is 0.135 e. The number of hydrogen-bond donors (Lipinski definition) is 0. The van der Waals surface area contributed by atoms with E-state index in [1.807, 2.05) is 11.3 Å². The number of hydrogen-bond acceptors (Lipinski definition) is 1. The molecule has 11 rings (SSSR count). The fourth-order valence-electron chi connectivity index (χ4n) is 9.10. The van der Waals surface area contributed by atoms with Crippen molar-refractivity contribution in [3.05, 3.63) is 169 Å². The van der Waals surface area contributed by atoms with Gasteiger partial charge in [-0.05, 0) is 106 Å². The molecule has 0 saturated carbocycles. The molecular formula is C49H32S. The van der Waals surface area contributed by atoms with Crippen LogP contribution in [-0.2, 0) is 5.41 Å².